The minimum atomic E-state index is -5.08. The van der Waals surface area contributed by atoms with E-state index in [1.54, 1.807) is 12.1 Å². The SMILES string of the molecule is O=C(Cc1ccc(C2CCNCC2OCc2ccc3ccccc3c2)cc1)NCCC(=O)c1ccccc1.O=C(O)C(F)(F)F. The van der Waals surface area contributed by atoms with E-state index in [-0.39, 0.29) is 17.8 Å². The van der Waals surface area contributed by atoms with Crippen molar-refractivity contribution in [1.82, 2.24) is 10.6 Å². The molecular weight excluding hydrogens is 585 g/mol. The third kappa shape index (κ3) is 10.3. The van der Waals surface area contributed by atoms with Crippen LogP contribution in [0, 0.1) is 0 Å². The number of rotatable bonds is 10. The summed E-state index contributed by atoms with van der Waals surface area (Å²) in [7, 11) is 0. The van der Waals surface area contributed by atoms with E-state index >= 15 is 0 Å². The minimum absolute atomic E-state index is 0.0367. The van der Waals surface area contributed by atoms with Gasteiger partial charge in [0.1, 0.15) is 0 Å². The van der Waals surface area contributed by atoms with Gasteiger partial charge in [-0.1, -0.05) is 91.0 Å². The molecule has 4 aromatic rings. The van der Waals surface area contributed by atoms with Crippen LogP contribution < -0.4 is 10.6 Å². The molecule has 236 valence electrons. The highest BCUT2D eigenvalue weighted by molar-refractivity contribution is 5.96. The van der Waals surface area contributed by atoms with E-state index in [1.165, 1.54) is 21.9 Å². The number of ether oxygens (including phenoxy) is 1. The van der Waals surface area contributed by atoms with Crippen molar-refractivity contribution >= 4 is 28.4 Å². The maximum Gasteiger partial charge on any atom is 0.490 e. The van der Waals surface area contributed by atoms with E-state index in [0.29, 0.717) is 37.5 Å². The summed E-state index contributed by atoms with van der Waals surface area (Å²) in [5, 5.41) is 15.9. The lowest BCUT2D eigenvalue weighted by Crippen LogP contribution is -2.41. The van der Waals surface area contributed by atoms with E-state index in [0.717, 1.165) is 25.1 Å². The number of carbonyl (C=O) groups is 3. The van der Waals surface area contributed by atoms with Crippen molar-refractivity contribution in [3.63, 3.8) is 0 Å². The van der Waals surface area contributed by atoms with Crippen molar-refractivity contribution in [1.29, 1.82) is 0 Å². The second-order valence-electron chi connectivity index (χ2n) is 10.7. The van der Waals surface area contributed by atoms with Crippen LogP contribution in [-0.4, -0.2) is 54.7 Å². The number of alkyl halides is 3. The Labute approximate surface area is 259 Å². The first kappa shape index (κ1) is 33.4. The van der Waals surface area contributed by atoms with Crippen LogP contribution in [0.25, 0.3) is 10.8 Å². The lowest BCUT2D eigenvalue weighted by Gasteiger charge is -2.32. The molecule has 1 fully saturated rings. The summed E-state index contributed by atoms with van der Waals surface area (Å²) in [4.78, 5) is 33.5. The van der Waals surface area contributed by atoms with Gasteiger partial charge in [-0.15, -0.1) is 0 Å². The van der Waals surface area contributed by atoms with Gasteiger partial charge < -0.3 is 20.5 Å². The van der Waals surface area contributed by atoms with Crippen molar-refractivity contribution in [2.75, 3.05) is 19.6 Å². The molecule has 1 aliphatic heterocycles. The number of fused-ring (bicyclic) bond motifs is 1. The number of nitrogens with one attached hydrogen (secondary N) is 2. The molecule has 0 radical (unpaired) electrons. The Bertz CT molecular complexity index is 1580. The highest BCUT2D eigenvalue weighted by Gasteiger charge is 2.38. The number of piperidine rings is 1. The number of hydrogen-bond donors (Lipinski definition) is 3. The van der Waals surface area contributed by atoms with Crippen molar-refractivity contribution in [2.45, 2.75) is 44.1 Å². The van der Waals surface area contributed by atoms with Crippen LogP contribution >= 0.6 is 0 Å². The van der Waals surface area contributed by atoms with Gasteiger partial charge in [0, 0.05) is 31.0 Å². The number of ketones is 1. The Kier molecular flexibility index (Phi) is 11.8. The first-order chi connectivity index (χ1) is 21.6. The monoisotopic (exact) mass is 620 g/mol. The fourth-order valence-corrected chi connectivity index (χ4v) is 5.13. The van der Waals surface area contributed by atoms with Crippen LogP contribution in [0.15, 0.2) is 97.1 Å². The summed E-state index contributed by atoms with van der Waals surface area (Å²) in [5.41, 5.74) is 4.06. The van der Waals surface area contributed by atoms with Crippen molar-refractivity contribution in [2.24, 2.45) is 0 Å². The Morgan fingerprint density at radius 3 is 2.20 bits per heavy atom. The molecule has 7 nitrogen and oxygen atoms in total. The second-order valence-corrected chi connectivity index (χ2v) is 10.7. The largest absolute Gasteiger partial charge is 0.490 e. The van der Waals surface area contributed by atoms with Crippen LogP contribution in [0.4, 0.5) is 13.2 Å². The quantitative estimate of drug-likeness (QED) is 0.186. The molecule has 1 amide bonds. The number of carbonyl (C=O) groups excluding carboxylic acids is 2. The molecule has 0 aromatic heterocycles. The highest BCUT2D eigenvalue weighted by atomic mass is 19.4. The summed E-state index contributed by atoms with van der Waals surface area (Å²) in [5.74, 6) is -2.48. The van der Waals surface area contributed by atoms with E-state index in [4.69, 9.17) is 14.6 Å². The van der Waals surface area contributed by atoms with Gasteiger partial charge >= 0.3 is 12.1 Å². The van der Waals surface area contributed by atoms with Gasteiger partial charge in [-0.25, -0.2) is 4.79 Å². The zero-order valence-corrected chi connectivity index (χ0v) is 24.6. The number of carboxylic acid groups (broad SMARTS) is 1. The average molecular weight is 621 g/mol. The van der Waals surface area contributed by atoms with E-state index in [1.807, 2.05) is 30.3 Å². The first-order valence-corrected chi connectivity index (χ1v) is 14.6. The van der Waals surface area contributed by atoms with E-state index < -0.39 is 12.1 Å². The smallest absolute Gasteiger partial charge is 0.475 e. The average Bonchev–Trinajstić information content (AvgIpc) is 3.04. The van der Waals surface area contributed by atoms with E-state index in [9.17, 15) is 22.8 Å². The summed E-state index contributed by atoms with van der Waals surface area (Å²) in [6.45, 7) is 2.71. The maximum absolute atomic E-state index is 12.4. The predicted octanol–water partition coefficient (Wildman–Crippen LogP) is 6.07. The molecule has 0 bridgehead atoms. The van der Waals surface area contributed by atoms with Gasteiger partial charge in [0.05, 0.1) is 19.1 Å². The molecule has 1 saturated heterocycles. The maximum atomic E-state index is 12.4. The molecule has 1 aliphatic rings. The zero-order chi connectivity index (χ0) is 32.2. The summed E-state index contributed by atoms with van der Waals surface area (Å²) in [6.07, 6.45) is -3.39. The van der Waals surface area contributed by atoms with Gasteiger partial charge in [-0.3, -0.25) is 9.59 Å². The fraction of sp³-hybridized carbons (Fsp3) is 0.286. The molecule has 2 atom stereocenters. The molecule has 10 heteroatoms. The number of carboxylic acids is 1. The Morgan fingerprint density at radius 2 is 1.51 bits per heavy atom. The van der Waals surface area contributed by atoms with Crippen LogP contribution in [0.3, 0.4) is 0 Å². The predicted molar refractivity (Wildman–Crippen MR) is 165 cm³/mol. The van der Waals surface area contributed by atoms with Gasteiger partial charge in [-0.2, -0.15) is 13.2 Å². The zero-order valence-electron chi connectivity index (χ0n) is 24.6. The fourth-order valence-electron chi connectivity index (χ4n) is 5.13. The summed E-state index contributed by atoms with van der Waals surface area (Å²) < 4.78 is 38.2. The standard InChI is InChI=1S/C33H34N2O3.C2HF3O2/c36-31(28-7-2-1-3-8-28)17-19-35-33(37)21-24-10-14-27(15-11-24)30-16-18-34-22-32(30)38-23-25-12-13-26-6-4-5-9-29(26)20-25;3-2(4,5)1(6)7/h1-15,20,30,32,34H,16-19,21-23H2,(H,35,37);(H,6,7). The number of aliphatic carboxylic acids is 1. The molecule has 4 aromatic carbocycles. The van der Waals surface area contributed by atoms with Crippen molar-refractivity contribution in [3.8, 4) is 0 Å². The first-order valence-electron chi connectivity index (χ1n) is 14.6. The Morgan fingerprint density at radius 1 is 0.867 bits per heavy atom. The number of halogens is 3. The van der Waals surface area contributed by atoms with Gasteiger partial charge in [0.2, 0.25) is 5.91 Å². The van der Waals surface area contributed by atoms with Crippen molar-refractivity contribution in [3.05, 3.63) is 119 Å². The molecule has 2 unspecified atom stereocenters. The molecular formula is C35H35F3N2O5. The number of hydrogen-bond acceptors (Lipinski definition) is 5. The third-order valence-electron chi connectivity index (χ3n) is 7.49. The Hall–Kier alpha value is -4.54. The number of Topliss-reactive ketones (excluding diaryl/α,β-unsaturated/α-hetero) is 1. The number of benzene rings is 4. The van der Waals surface area contributed by atoms with Gasteiger partial charge in [-0.05, 0) is 46.5 Å². The topological polar surface area (TPSA) is 105 Å². The van der Waals surface area contributed by atoms with Crippen LogP contribution in [-0.2, 0) is 27.4 Å². The summed E-state index contributed by atoms with van der Waals surface area (Å²) >= 11 is 0. The molecule has 0 spiro atoms. The van der Waals surface area contributed by atoms with Gasteiger partial charge in [0.25, 0.3) is 0 Å². The third-order valence-corrected chi connectivity index (χ3v) is 7.49. The number of amides is 1. The molecule has 5 rings (SSSR count). The molecule has 1 heterocycles. The van der Waals surface area contributed by atoms with E-state index in [2.05, 4.69) is 65.2 Å². The molecule has 3 N–H and O–H groups in total. The normalized spacial score (nSPS) is 16.3. The molecule has 0 aliphatic carbocycles. The van der Waals surface area contributed by atoms with Crippen LogP contribution in [0.5, 0.6) is 0 Å². The summed E-state index contributed by atoms with van der Waals surface area (Å²) in [6, 6.07) is 32.4. The minimum Gasteiger partial charge on any atom is -0.475 e. The lowest BCUT2D eigenvalue weighted by atomic mass is 9.87. The van der Waals surface area contributed by atoms with Crippen LogP contribution in [0.1, 0.15) is 45.8 Å². The van der Waals surface area contributed by atoms with Crippen LogP contribution in [0.2, 0.25) is 0 Å². The highest BCUT2D eigenvalue weighted by Crippen LogP contribution is 2.29. The Balaban J connectivity index is 0.000000591. The second kappa shape index (κ2) is 16.0. The van der Waals surface area contributed by atoms with Crippen molar-refractivity contribution < 1.29 is 37.4 Å². The van der Waals surface area contributed by atoms with Gasteiger partial charge in [0.15, 0.2) is 5.78 Å². The lowest BCUT2D eigenvalue weighted by molar-refractivity contribution is -0.192. The molecule has 45 heavy (non-hydrogen) atoms. The molecule has 0 saturated carbocycles.